The van der Waals surface area contributed by atoms with E-state index in [0.717, 1.165) is 15.4 Å². The van der Waals surface area contributed by atoms with Crippen molar-refractivity contribution < 1.29 is 4.79 Å². The molecule has 0 aliphatic heterocycles. The Morgan fingerprint density at radius 3 is 2.76 bits per heavy atom. The van der Waals surface area contributed by atoms with Crippen LogP contribution in [0.5, 0.6) is 0 Å². The van der Waals surface area contributed by atoms with E-state index in [4.69, 9.17) is 17.3 Å². The molecule has 2 aromatic carbocycles. The first kappa shape index (κ1) is 14.3. The van der Waals surface area contributed by atoms with Gasteiger partial charge >= 0.3 is 0 Å². The molecule has 0 bridgehead atoms. The molecule has 0 saturated heterocycles. The van der Waals surface area contributed by atoms with Gasteiger partial charge in [-0.15, -0.1) is 0 Å². The molecule has 1 aromatic heterocycles. The second kappa shape index (κ2) is 5.60. The summed E-state index contributed by atoms with van der Waals surface area (Å²) >= 11 is 9.69. The summed E-state index contributed by atoms with van der Waals surface area (Å²) in [4.78, 5) is 12.0. The van der Waals surface area contributed by atoms with E-state index in [1.165, 1.54) is 4.68 Å². The maximum atomic E-state index is 12.0. The average molecular weight is 365 g/mol. The van der Waals surface area contributed by atoms with Gasteiger partial charge in [0, 0.05) is 15.4 Å². The van der Waals surface area contributed by atoms with Crippen molar-refractivity contribution in [1.82, 2.24) is 9.78 Å². The molecule has 0 unspecified atom stereocenters. The Balaban J connectivity index is 2.35. The van der Waals surface area contributed by atoms with E-state index in [0.29, 0.717) is 16.2 Å². The van der Waals surface area contributed by atoms with Crippen LogP contribution in [0.4, 0.5) is 0 Å². The zero-order chi connectivity index (χ0) is 15.0. The van der Waals surface area contributed by atoms with Gasteiger partial charge < -0.3 is 5.73 Å². The molecule has 0 saturated carbocycles. The largest absolute Gasteiger partial charge is 0.322 e. The predicted octanol–water partition coefficient (Wildman–Crippen LogP) is 3.72. The average Bonchev–Trinajstić information content (AvgIpc) is 2.85. The van der Waals surface area contributed by atoms with Gasteiger partial charge in [0.05, 0.1) is 17.1 Å². The molecule has 0 spiro atoms. The lowest BCUT2D eigenvalue weighted by atomic mass is 10.1. The molecule has 0 aliphatic rings. The highest BCUT2D eigenvalue weighted by molar-refractivity contribution is 9.10. The van der Waals surface area contributed by atoms with Crippen molar-refractivity contribution in [2.45, 2.75) is 0 Å². The molecule has 2 N–H and O–H groups in total. The highest BCUT2D eigenvalue weighted by Crippen LogP contribution is 2.33. The van der Waals surface area contributed by atoms with E-state index in [2.05, 4.69) is 21.0 Å². The van der Waals surface area contributed by atoms with Crippen LogP contribution in [-0.4, -0.2) is 22.2 Å². The Hall–Kier alpha value is -1.69. The zero-order valence-electron chi connectivity index (χ0n) is 10.9. The summed E-state index contributed by atoms with van der Waals surface area (Å²) in [6, 6.07) is 13.0. The second-order valence-electron chi connectivity index (χ2n) is 4.50. The van der Waals surface area contributed by atoms with Crippen molar-refractivity contribution in [1.29, 1.82) is 0 Å². The Morgan fingerprint density at radius 2 is 2.05 bits per heavy atom. The first-order chi connectivity index (χ1) is 10.1. The van der Waals surface area contributed by atoms with Gasteiger partial charge in [-0.05, 0) is 24.3 Å². The topological polar surface area (TPSA) is 60.9 Å². The number of rotatable bonds is 2. The number of nitrogens with zero attached hydrogens (tertiary/aromatic N) is 2. The quantitative estimate of drug-likeness (QED) is 0.754. The van der Waals surface area contributed by atoms with E-state index >= 15 is 0 Å². The van der Waals surface area contributed by atoms with Crippen LogP contribution in [-0.2, 0) is 0 Å². The number of carbonyl (C=O) groups excluding carboxylic acids is 1. The van der Waals surface area contributed by atoms with Gasteiger partial charge in [-0.3, -0.25) is 4.79 Å². The summed E-state index contributed by atoms with van der Waals surface area (Å²) in [5.74, 6) is -0.263. The summed E-state index contributed by atoms with van der Waals surface area (Å²) in [5.41, 5.74) is 7.62. The molecular weight excluding hydrogens is 354 g/mol. The summed E-state index contributed by atoms with van der Waals surface area (Å²) in [6.07, 6.45) is 0. The molecular formula is C15H11BrClN3O. The van der Waals surface area contributed by atoms with Crippen LogP contribution in [0.1, 0.15) is 4.79 Å². The monoisotopic (exact) mass is 363 g/mol. The third kappa shape index (κ3) is 2.48. The van der Waals surface area contributed by atoms with Gasteiger partial charge in [-0.1, -0.05) is 45.7 Å². The maximum Gasteiger partial charge on any atom is 0.261 e. The minimum Gasteiger partial charge on any atom is -0.322 e. The molecule has 0 fully saturated rings. The minimum absolute atomic E-state index is 0.102. The fraction of sp³-hybridized carbons (Fsp3) is 0.0667. The molecule has 21 heavy (non-hydrogen) atoms. The zero-order valence-corrected chi connectivity index (χ0v) is 13.2. The third-order valence-corrected chi connectivity index (χ3v) is 4.00. The number of benzene rings is 2. The van der Waals surface area contributed by atoms with Gasteiger partial charge in [0.15, 0.2) is 0 Å². The fourth-order valence-electron chi connectivity index (χ4n) is 2.22. The number of hydrogen-bond donors (Lipinski definition) is 1. The normalized spacial score (nSPS) is 11.0. The van der Waals surface area contributed by atoms with Crippen molar-refractivity contribution in [3.8, 4) is 11.3 Å². The summed E-state index contributed by atoms with van der Waals surface area (Å²) in [6.45, 7) is -0.102. The Kier molecular flexibility index (Phi) is 3.80. The van der Waals surface area contributed by atoms with E-state index in [9.17, 15) is 4.79 Å². The number of carbonyl (C=O) groups is 1. The minimum atomic E-state index is -0.263. The lowest BCUT2D eigenvalue weighted by molar-refractivity contribution is 0.0914. The summed E-state index contributed by atoms with van der Waals surface area (Å²) in [5, 5.41) is 5.85. The number of nitrogens with two attached hydrogens (primary N) is 1. The molecule has 0 atom stereocenters. The van der Waals surface area contributed by atoms with Crippen molar-refractivity contribution >= 4 is 44.3 Å². The van der Waals surface area contributed by atoms with Crippen LogP contribution in [0, 0.1) is 0 Å². The lowest BCUT2D eigenvalue weighted by Crippen LogP contribution is -2.22. The SMILES string of the molecule is NCC(=O)n1nc(-c2ccccc2Cl)c2cc(Br)ccc21. The van der Waals surface area contributed by atoms with Crippen LogP contribution in [0.3, 0.4) is 0 Å². The molecule has 6 heteroatoms. The highest BCUT2D eigenvalue weighted by Gasteiger charge is 2.17. The molecule has 0 amide bonds. The Labute approximate surface area is 134 Å². The van der Waals surface area contributed by atoms with Crippen LogP contribution in [0.15, 0.2) is 46.9 Å². The summed E-state index contributed by atoms with van der Waals surface area (Å²) in [7, 11) is 0. The van der Waals surface area contributed by atoms with Crippen molar-refractivity contribution in [2.24, 2.45) is 5.73 Å². The van der Waals surface area contributed by atoms with Gasteiger partial charge in [-0.25, -0.2) is 0 Å². The second-order valence-corrected chi connectivity index (χ2v) is 5.82. The lowest BCUT2D eigenvalue weighted by Gasteiger charge is -2.00. The number of aromatic nitrogens is 2. The van der Waals surface area contributed by atoms with Crippen LogP contribution >= 0.6 is 27.5 Å². The molecule has 4 nitrogen and oxygen atoms in total. The molecule has 0 radical (unpaired) electrons. The molecule has 0 aliphatic carbocycles. The van der Waals surface area contributed by atoms with E-state index in [-0.39, 0.29) is 12.5 Å². The molecule has 1 heterocycles. The Morgan fingerprint density at radius 1 is 1.29 bits per heavy atom. The third-order valence-electron chi connectivity index (χ3n) is 3.18. The Bertz CT molecular complexity index is 844. The smallest absolute Gasteiger partial charge is 0.261 e. The molecule has 3 rings (SSSR count). The predicted molar refractivity (Wildman–Crippen MR) is 87.6 cm³/mol. The van der Waals surface area contributed by atoms with Crippen LogP contribution in [0.2, 0.25) is 5.02 Å². The van der Waals surface area contributed by atoms with E-state index in [1.807, 2.05) is 36.4 Å². The number of fused-ring (bicyclic) bond motifs is 1. The first-order valence-electron chi connectivity index (χ1n) is 6.28. The van der Waals surface area contributed by atoms with Crippen molar-refractivity contribution in [3.05, 3.63) is 52.0 Å². The van der Waals surface area contributed by atoms with Crippen LogP contribution in [0.25, 0.3) is 22.2 Å². The van der Waals surface area contributed by atoms with Gasteiger partial charge in [0.25, 0.3) is 5.91 Å². The van der Waals surface area contributed by atoms with Gasteiger partial charge in [0.2, 0.25) is 0 Å². The number of halogens is 2. The van der Waals surface area contributed by atoms with E-state index < -0.39 is 0 Å². The summed E-state index contributed by atoms with van der Waals surface area (Å²) < 4.78 is 2.24. The highest BCUT2D eigenvalue weighted by atomic mass is 79.9. The van der Waals surface area contributed by atoms with E-state index in [1.54, 1.807) is 6.07 Å². The maximum absolute atomic E-state index is 12.0. The van der Waals surface area contributed by atoms with Gasteiger partial charge in [0.1, 0.15) is 5.69 Å². The molecule has 106 valence electrons. The van der Waals surface area contributed by atoms with Crippen molar-refractivity contribution in [3.63, 3.8) is 0 Å². The molecule has 3 aromatic rings. The van der Waals surface area contributed by atoms with Crippen molar-refractivity contribution in [2.75, 3.05) is 6.54 Å². The fourth-order valence-corrected chi connectivity index (χ4v) is 2.81. The van der Waals surface area contributed by atoms with Gasteiger partial charge in [-0.2, -0.15) is 9.78 Å². The van der Waals surface area contributed by atoms with Crippen LogP contribution < -0.4 is 5.73 Å². The standard InChI is InChI=1S/C15H11BrClN3O/c16-9-5-6-13-11(7-9)15(19-20(13)14(21)8-18)10-3-1-2-4-12(10)17/h1-7H,8,18H2. The number of hydrogen-bond acceptors (Lipinski definition) is 3. The first-order valence-corrected chi connectivity index (χ1v) is 7.45.